The van der Waals surface area contributed by atoms with Gasteiger partial charge in [-0.15, -0.1) is 0 Å². The Morgan fingerprint density at radius 1 is 1.24 bits per heavy atom. The fourth-order valence-corrected chi connectivity index (χ4v) is 2.53. The summed E-state index contributed by atoms with van der Waals surface area (Å²) < 4.78 is 6.85. The Bertz CT molecular complexity index is 497. The van der Waals surface area contributed by atoms with E-state index in [1.165, 1.54) is 0 Å². The number of amides is 1. The van der Waals surface area contributed by atoms with Crippen LogP contribution < -0.4 is 10.1 Å². The molecular formula is C13H16BrNO2. The summed E-state index contributed by atoms with van der Waals surface area (Å²) in [6.45, 7) is 7.97. The fourth-order valence-electron chi connectivity index (χ4n) is 2.06. The highest BCUT2D eigenvalue weighted by molar-refractivity contribution is 9.10. The lowest BCUT2D eigenvalue weighted by molar-refractivity contribution is -0.123. The highest BCUT2D eigenvalue weighted by atomic mass is 79.9. The van der Waals surface area contributed by atoms with Crippen molar-refractivity contribution in [2.45, 2.75) is 40.2 Å². The van der Waals surface area contributed by atoms with Crippen LogP contribution in [0.25, 0.3) is 0 Å². The van der Waals surface area contributed by atoms with E-state index in [0.717, 1.165) is 32.6 Å². The quantitative estimate of drug-likeness (QED) is 0.862. The van der Waals surface area contributed by atoms with Crippen molar-refractivity contribution >= 4 is 27.5 Å². The first-order valence-corrected chi connectivity index (χ1v) is 6.53. The van der Waals surface area contributed by atoms with Gasteiger partial charge in [0.15, 0.2) is 6.10 Å². The smallest absolute Gasteiger partial charge is 0.265 e. The van der Waals surface area contributed by atoms with Gasteiger partial charge in [-0.3, -0.25) is 4.79 Å². The molecule has 4 heteroatoms. The maximum Gasteiger partial charge on any atom is 0.265 e. The SMILES string of the molecule is CCC1Oc2c(C)c(Br)c(C)c(C)c2NC1=O. The Kier molecular flexibility index (Phi) is 3.17. The third-order valence-electron chi connectivity index (χ3n) is 3.34. The monoisotopic (exact) mass is 297 g/mol. The third-order valence-corrected chi connectivity index (χ3v) is 4.52. The van der Waals surface area contributed by atoms with E-state index in [1.54, 1.807) is 0 Å². The first-order chi connectivity index (χ1) is 7.97. The number of benzene rings is 1. The molecule has 17 heavy (non-hydrogen) atoms. The molecule has 0 saturated heterocycles. The number of hydrogen-bond donors (Lipinski definition) is 1. The minimum Gasteiger partial charge on any atom is -0.478 e. The number of anilines is 1. The predicted octanol–water partition coefficient (Wildman–Crippen LogP) is 3.48. The van der Waals surface area contributed by atoms with E-state index in [-0.39, 0.29) is 12.0 Å². The molecule has 0 radical (unpaired) electrons. The highest BCUT2D eigenvalue weighted by Crippen LogP contribution is 2.42. The summed E-state index contributed by atoms with van der Waals surface area (Å²) in [4.78, 5) is 11.8. The number of rotatable bonds is 1. The number of ether oxygens (including phenoxy) is 1. The van der Waals surface area contributed by atoms with Crippen molar-refractivity contribution in [3.05, 3.63) is 21.2 Å². The second-order valence-electron chi connectivity index (χ2n) is 4.40. The minimum atomic E-state index is -0.379. The van der Waals surface area contributed by atoms with Gasteiger partial charge in [0.25, 0.3) is 5.91 Å². The summed E-state index contributed by atoms with van der Waals surface area (Å²) >= 11 is 3.57. The van der Waals surface area contributed by atoms with Crippen molar-refractivity contribution in [2.75, 3.05) is 5.32 Å². The van der Waals surface area contributed by atoms with Crippen molar-refractivity contribution in [3.63, 3.8) is 0 Å². The van der Waals surface area contributed by atoms with Crippen LogP contribution >= 0.6 is 15.9 Å². The van der Waals surface area contributed by atoms with E-state index in [2.05, 4.69) is 21.2 Å². The van der Waals surface area contributed by atoms with Crippen LogP contribution in [-0.4, -0.2) is 12.0 Å². The van der Waals surface area contributed by atoms with E-state index in [1.807, 2.05) is 27.7 Å². The number of carbonyl (C=O) groups is 1. The van der Waals surface area contributed by atoms with Gasteiger partial charge in [0.2, 0.25) is 0 Å². The summed E-state index contributed by atoms with van der Waals surface area (Å²) in [5, 5.41) is 2.95. The van der Waals surface area contributed by atoms with E-state index in [0.29, 0.717) is 6.42 Å². The summed E-state index contributed by atoms with van der Waals surface area (Å²) in [5.41, 5.74) is 4.06. The van der Waals surface area contributed by atoms with Crippen LogP contribution in [0.2, 0.25) is 0 Å². The van der Waals surface area contributed by atoms with Crippen molar-refractivity contribution in [1.82, 2.24) is 0 Å². The van der Waals surface area contributed by atoms with Gasteiger partial charge in [-0.05, 0) is 38.3 Å². The van der Waals surface area contributed by atoms with Gasteiger partial charge < -0.3 is 10.1 Å². The molecule has 1 aromatic carbocycles. The molecule has 0 fully saturated rings. The largest absolute Gasteiger partial charge is 0.478 e. The molecule has 1 atom stereocenters. The molecule has 1 amide bonds. The van der Waals surface area contributed by atoms with Crippen LogP contribution in [0.3, 0.4) is 0 Å². The van der Waals surface area contributed by atoms with E-state index in [4.69, 9.17) is 4.74 Å². The maximum absolute atomic E-state index is 11.8. The van der Waals surface area contributed by atoms with Gasteiger partial charge in [-0.2, -0.15) is 0 Å². The zero-order chi connectivity index (χ0) is 12.7. The third kappa shape index (κ3) is 1.84. The molecule has 1 heterocycles. The molecule has 0 aromatic heterocycles. The molecule has 1 aliphatic rings. The Labute approximate surface area is 110 Å². The number of halogens is 1. The van der Waals surface area contributed by atoms with E-state index < -0.39 is 0 Å². The van der Waals surface area contributed by atoms with Crippen molar-refractivity contribution in [3.8, 4) is 5.75 Å². The first kappa shape index (κ1) is 12.4. The van der Waals surface area contributed by atoms with Gasteiger partial charge >= 0.3 is 0 Å². The molecule has 1 aliphatic heterocycles. The standard InChI is InChI=1S/C13H16BrNO2/c1-5-9-13(16)15-11-7(3)6(2)10(14)8(4)12(11)17-9/h9H,5H2,1-4H3,(H,15,16). The average Bonchev–Trinajstić information content (AvgIpc) is 2.33. The summed E-state index contributed by atoms with van der Waals surface area (Å²) in [6, 6.07) is 0. The molecule has 1 N–H and O–H groups in total. The van der Waals surface area contributed by atoms with Crippen LogP contribution in [0.1, 0.15) is 30.0 Å². The molecule has 0 saturated carbocycles. The van der Waals surface area contributed by atoms with Gasteiger partial charge in [0, 0.05) is 10.0 Å². The van der Waals surface area contributed by atoms with Crippen molar-refractivity contribution in [1.29, 1.82) is 0 Å². The Balaban J connectivity index is 2.62. The molecule has 0 aliphatic carbocycles. The summed E-state index contributed by atoms with van der Waals surface area (Å²) in [6.07, 6.45) is 0.296. The van der Waals surface area contributed by atoms with Crippen LogP contribution in [0.5, 0.6) is 5.75 Å². The number of fused-ring (bicyclic) bond motifs is 1. The molecule has 3 nitrogen and oxygen atoms in total. The first-order valence-electron chi connectivity index (χ1n) is 5.74. The Hall–Kier alpha value is -1.03. The number of carbonyl (C=O) groups excluding carboxylic acids is 1. The number of nitrogens with one attached hydrogen (secondary N) is 1. The zero-order valence-corrected chi connectivity index (χ0v) is 12.1. The molecule has 0 bridgehead atoms. The molecule has 0 spiro atoms. The van der Waals surface area contributed by atoms with E-state index in [9.17, 15) is 4.79 Å². The Morgan fingerprint density at radius 3 is 2.47 bits per heavy atom. The van der Waals surface area contributed by atoms with Crippen LogP contribution in [0.4, 0.5) is 5.69 Å². The van der Waals surface area contributed by atoms with E-state index >= 15 is 0 Å². The molecule has 92 valence electrons. The lowest BCUT2D eigenvalue weighted by Gasteiger charge is -2.29. The highest BCUT2D eigenvalue weighted by Gasteiger charge is 2.30. The topological polar surface area (TPSA) is 38.3 Å². The van der Waals surface area contributed by atoms with Gasteiger partial charge in [-0.25, -0.2) is 0 Å². The normalized spacial score (nSPS) is 18.4. The lowest BCUT2D eigenvalue weighted by Crippen LogP contribution is -2.37. The van der Waals surface area contributed by atoms with Crippen molar-refractivity contribution < 1.29 is 9.53 Å². The molecule has 1 unspecified atom stereocenters. The second kappa shape index (κ2) is 4.33. The lowest BCUT2D eigenvalue weighted by atomic mass is 10.0. The average molecular weight is 298 g/mol. The van der Waals surface area contributed by atoms with Gasteiger partial charge in [0.1, 0.15) is 5.75 Å². The van der Waals surface area contributed by atoms with Crippen LogP contribution in [0, 0.1) is 20.8 Å². The molecular weight excluding hydrogens is 282 g/mol. The maximum atomic E-state index is 11.8. The van der Waals surface area contributed by atoms with Gasteiger partial charge in [-0.1, -0.05) is 22.9 Å². The molecule has 2 rings (SSSR count). The second-order valence-corrected chi connectivity index (χ2v) is 5.19. The number of hydrogen-bond acceptors (Lipinski definition) is 2. The minimum absolute atomic E-state index is 0.0516. The van der Waals surface area contributed by atoms with Crippen molar-refractivity contribution in [2.24, 2.45) is 0 Å². The van der Waals surface area contributed by atoms with Crippen LogP contribution in [0.15, 0.2) is 4.47 Å². The molecule has 1 aromatic rings. The van der Waals surface area contributed by atoms with Gasteiger partial charge in [0.05, 0.1) is 5.69 Å². The van der Waals surface area contributed by atoms with Crippen LogP contribution in [-0.2, 0) is 4.79 Å². The fraction of sp³-hybridized carbons (Fsp3) is 0.462. The summed E-state index contributed by atoms with van der Waals surface area (Å²) in [5.74, 6) is 0.746. The zero-order valence-electron chi connectivity index (χ0n) is 10.5. The predicted molar refractivity (Wildman–Crippen MR) is 71.7 cm³/mol. The summed E-state index contributed by atoms with van der Waals surface area (Å²) in [7, 11) is 0. The Morgan fingerprint density at radius 2 is 1.88 bits per heavy atom.